The molecule has 0 saturated carbocycles. The van der Waals surface area contributed by atoms with Gasteiger partial charge >= 0.3 is 5.97 Å². The maximum Gasteiger partial charge on any atom is 0.328 e. The second-order valence-electron chi connectivity index (χ2n) is 4.46. The predicted octanol–water partition coefficient (Wildman–Crippen LogP) is 1.63. The first-order chi connectivity index (χ1) is 9.56. The van der Waals surface area contributed by atoms with Crippen molar-refractivity contribution >= 4 is 29.2 Å². The van der Waals surface area contributed by atoms with Gasteiger partial charge in [0.15, 0.2) is 0 Å². The van der Waals surface area contributed by atoms with Gasteiger partial charge in [-0.25, -0.2) is 4.79 Å². The SMILES string of the molecule is O=C(O)C=CC(=O)N1CCN(c2ccc(Cl)cc2)CC1. The van der Waals surface area contributed by atoms with E-state index in [1.54, 1.807) is 4.90 Å². The molecule has 0 atom stereocenters. The van der Waals surface area contributed by atoms with Crippen LogP contribution in [0.2, 0.25) is 5.02 Å². The first kappa shape index (κ1) is 14.4. The quantitative estimate of drug-likeness (QED) is 0.861. The van der Waals surface area contributed by atoms with Crippen LogP contribution in [0.15, 0.2) is 36.4 Å². The lowest BCUT2D eigenvalue weighted by molar-refractivity contribution is -0.132. The summed E-state index contributed by atoms with van der Waals surface area (Å²) >= 11 is 5.85. The van der Waals surface area contributed by atoms with Gasteiger partial charge in [0.1, 0.15) is 0 Å². The van der Waals surface area contributed by atoms with E-state index in [0.29, 0.717) is 31.2 Å². The van der Waals surface area contributed by atoms with Crippen molar-refractivity contribution in [3.8, 4) is 0 Å². The number of piperazine rings is 1. The minimum Gasteiger partial charge on any atom is -0.478 e. The van der Waals surface area contributed by atoms with Crippen LogP contribution < -0.4 is 4.90 Å². The van der Waals surface area contributed by atoms with Crippen LogP contribution in [0, 0.1) is 0 Å². The summed E-state index contributed by atoms with van der Waals surface area (Å²) in [7, 11) is 0. The molecule has 0 aromatic heterocycles. The molecule has 0 spiro atoms. The zero-order valence-corrected chi connectivity index (χ0v) is 11.6. The van der Waals surface area contributed by atoms with Gasteiger partial charge in [0.25, 0.3) is 0 Å². The van der Waals surface area contributed by atoms with Crippen LogP contribution in [0.1, 0.15) is 0 Å². The zero-order valence-electron chi connectivity index (χ0n) is 10.8. The van der Waals surface area contributed by atoms with Crippen LogP contribution in [0.3, 0.4) is 0 Å². The second-order valence-corrected chi connectivity index (χ2v) is 4.90. The second kappa shape index (κ2) is 6.43. The fourth-order valence-electron chi connectivity index (χ4n) is 2.08. The summed E-state index contributed by atoms with van der Waals surface area (Å²) < 4.78 is 0. The molecule has 1 N–H and O–H groups in total. The summed E-state index contributed by atoms with van der Waals surface area (Å²) in [6.07, 6.45) is 1.97. The minimum absolute atomic E-state index is 0.261. The Bertz CT molecular complexity index is 520. The van der Waals surface area contributed by atoms with Crippen molar-refractivity contribution in [2.45, 2.75) is 0 Å². The topological polar surface area (TPSA) is 60.9 Å². The fourth-order valence-corrected chi connectivity index (χ4v) is 2.21. The Hall–Kier alpha value is -2.01. The normalized spacial score (nSPS) is 15.7. The van der Waals surface area contributed by atoms with Gasteiger partial charge in [-0.15, -0.1) is 0 Å². The first-order valence-corrected chi connectivity index (χ1v) is 6.64. The largest absolute Gasteiger partial charge is 0.478 e. The van der Waals surface area contributed by atoms with Crippen molar-refractivity contribution in [3.63, 3.8) is 0 Å². The summed E-state index contributed by atoms with van der Waals surface area (Å²) in [6, 6.07) is 7.57. The number of carboxylic acids is 1. The van der Waals surface area contributed by atoms with E-state index in [0.717, 1.165) is 17.8 Å². The molecular formula is C14H15ClN2O3. The third-order valence-corrected chi connectivity index (χ3v) is 3.40. The maximum atomic E-state index is 11.7. The Morgan fingerprint density at radius 3 is 2.20 bits per heavy atom. The van der Waals surface area contributed by atoms with Crippen LogP contribution in [-0.2, 0) is 9.59 Å². The van der Waals surface area contributed by atoms with E-state index in [1.165, 1.54) is 0 Å². The van der Waals surface area contributed by atoms with Gasteiger partial charge in [-0.05, 0) is 24.3 Å². The van der Waals surface area contributed by atoms with E-state index in [4.69, 9.17) is 16.7 Å². The van der Waals surface area contributed by atoms with Gasteiger partial charge in [0.2, 0.25) is 5.91 Å². The molecule has 1 heterocycles. The molecule has 2 rings (SSSR count). The number of amides is 1. The smallest absolute Gasteiger partial charge is 0.328 e. The first-order valence-electron chi connectivity index (χ1n) is 6.27. The van der Waals surface area contributed by atoms with Crippen molar-refractivity contribution in [1.29, 1.82) is 0 Å². The molecule has 1 aromatic carbocycles. The van der Waals surface area contributed by atoms with E-state index in [-0.39, 0.29) is 5.91 Å². The number of benzene rings is 1. The molecule has 1 fully saturated rings. The van der Waals surface area contributed by atoms with Gasteiger partial charge < -0.3 is 14.9 Å². The molecule has 5 nitrogen and oxygen atoms in total. The summed E-state index contributed by atoms with van der Waals surface area (Å²) in [5.41, 5.74) is 1.07. The number of carbonyl (C=O) groups excluding carboxylic acids is 1. The summed E-state index contributed by atoms with van der Waals surface area (Å²) in [6.45, 7) is 2.58. The molecule has 0 aliphatic carbocycles. The highest BCUT2D eigenvalue weighted by Gasteiger charge is 2.19. The van der Waals surface area contributed by atoms with Gasteiger partial charge in [0.05, 0.1) is 0 Å². The lowest BCUT2D eigenvalue weighted by atomic mass is 10.2. The van der Waals surface area contributed by atoms with Gasteiger partial charge in [-0.1, -0.05) is 11.6 Å². The van der Waals surface area contributed by atoms with Gasteiger partial charge in [0, 0.05) is 49.0 Å². The third kappa shape index (κ3) is 3.74. The Labute approximate surface area is 122 Å². The summed E-state index contributed by atoms with van der Waals surface area (Å²) in [5.74, 6) is -1.37. The number of carboxylic acid groups (broad SMARTS) is 1. The lowest BCUT2D eigenvalue weighted by Gasteiger charge is -2.35. The van der Waals surface area contributed by atoms with Crippen LogP contribution in [0.4, 0.5) is 5.69 Å². The highest BCUT2D eigenvalue weighted by Crippen LogP contribution is 2.19. The predicted molar refractivity (Wildman–Crippen MR) is 77.0 cm³/mol. The average Bonchev–Trinajstić information content (AvgIpc) is 2.46. The molecule has 20 heavy (non-hydrogen) atoms. The molecule has 6 heteroatoms. The van der Waals surface area contributed by atoms with Crippen molar-refractivity contribution in [2.75, 3.05) is 31.1 Å². The van der Waals surface area contributed by atoms with E-state index < -0.39 is 5.97 Å². The average molecular weight is 295 g/mol. The van der Waals surface area contributed by atoms with Crippen molar-refractivity contribution < 1.29 is 14.7 Å². The van der Waals surface area contributed by atoms with Crippen LogP contribution in [0.25, 0.3) is 0 Å². The molecule has 0 bridgehead atoms. The lowest BCUT2D eigenvalue weighted by Crippen LogP contribution is -2.48. The molecule has 1 aliphatic heterocycles. The van der Waals surface area contributed by atoms with E-state index in [2.05, 4.69) is 4.90 Å². The molecule has 0 radical (unpaired) electrons. The molecule has 106 valence electrons. The number of hydrogen-bond donors (Lipinski definition) is 1. The number of hydrogen-bond acceptors (Lipinski definition) is 3. The standard InChI is InChI=1S/C14H15ClN2O3/c15-11-1-3-12(4-2-11)16-7-9-17(10-8-16)13(18)5-6-14(19)20/h1-6H,7-10H2,(H,19,20). The summed E-state index contributed by atoms with van der Waals surface area (Å²) in [4.78, 5) is 25.9. The van der Waals surface area contributed by atoms with Crippen LogP contribution >= 0.6 is 11.6 Å². The van der Waals surface area contributed by atoms with Gasteiger partial charge in [-0.2, -0.15) is 0 Å². The number of rotatable bonds is 3. The monoisotopic (exact) mass is 294 g/mol. The molecule has 0 unspecified atom stereocenters. The number of aliphatic carboxylic acids is 1. The highest BCUT2D eigenvalue weighted by molar-refractivity contribution is 6.30. The number of carbonyl (C=O) groups is 2. The number of anilines is 1. The third-order valence-electron chi connectivity index (χ3n) is 3.15. The van der Waals surface area contributed by atoms with E-state index in [1.807, 2.05) is 24.3 Å². The molecular weight excluding hydrogens is 280 g/mol. The molecule has 1 saturated heterocycles. The van der Waals surface area contributed by atoms with Gasteiger partial charge in [-0.3, -0.25) is 4.79 Å². The Morgan fingerprint density at radius 1 is 1.05 bits per heavy atom. The summed E-state index contributed by atoms with van der Waals surface area (Å²) in [5, 5.41) is 9.19. The Morgan fingerprint density at radius 2 is 1.65 bits per heavy atom. The number of nitrogens with zero attached hydrogens (tertiary/aromatic N) is 2. The van der Waals surface area contributed by atoms with Crippen LogP contribution in [0.5, 0.6) is 0 Å². The van der Waals surface area contributed by atoms with Crippen LogP contribution in [-0.4, -0.2) is 48.1 Å². The Balaban J connectivity index is 1.90. The zero-order chi connectivity index (χ0) is 14.5. The fraction of sp³-hybridized carbons (Fsp3) is 0.286. The van der Waals surface area contributed by atoms with E-state index >= 15 is 0 Å². The van der Waals surface area contributed by atoms with Crippen molar-refractivity contribution in [2.24, 2.45) is 0 Å². The van der Waals surface area contributed by atoms with Crippen molar-refractivity contribution in [1.82, 2.24) is 4.90 Å². The maximum absolute atomic E-state index is 11.7. The molecule has 1 aromatic rings. The van der Waals surface area contributed by atoms with E-state index in [9.17, 15) is 9.59 Å². The number of halogens is 1. The highest BCUT2D eigenvalue weighted by atomic mass is 35.5. The minimum atomic E-state index is -1.11. The van der Waals surface area contributed by atoms with Crippen molar-refractivity contribution in [3.05, 3.63) is 41.4 Å². The molecule has 1 aliphatic rings. The molecule has 1 amide bonds. The Kier molecular flexibility index (Phi) is 4.63.